The van der Waals surface area contributed by atoms with Crippen LogP contribution in [0.15, 0.2) is 36.4 Å². The first-order valence-corrected chi connectivity index (χ1v) is 8.60. The monoisotopic (exact) mass is 369 g/mol. The van der Waals surface area contributed by atoms with Crippen LogP contribution in [0.4, 0.5) is 10.1 Å². The fourth-order valence-electron chi connectivity index (χ4n) is 2.05. The normalized spacial score (nSPS) is 10.3. The summed E-state index contributed by atoms with van der Waals surface area (Å²) < 4.78 is 23.5. The molecule has 0 aromatic heterocycles. The van der Waals surface area contributed by atoms with Gasteiger partial charge in [-0.15, -0.1) is 11.8 Å². The largest absolute Gasteiger partial charge is 0.496 e. The Kier molecular flexibility index (Phi) is 6.75. The third-order valence-corrected chi connectivity index (χ3v) is 4.45. The van der Waals surface area contributed by atoms with Crippen LogP contribution in [0.3, 0.4) is 0 Å². The molecule has 2 aromatic rings. The van der Waals surface area contributed by atoms with E-state index in [1.807, 2.05) is 0 Å². The molecule has 24 heavy (non-hydrogen) atoms. The van der Waals surface area contributed by atoms with Crippen LogP contribution in [0.2, 0.25) is 5.02 Å². The number of benzene rings is 2. The average molecular weight is 370 g/mol. The zero-order chi connectivity index (χ0) is 17.5. The van der Waals surface area contributed by atoms with Gasteiger partial charge in [0.2, 0.25) is 5.91 Å². The molecule has 2 rings (SSSR count). The van der Waals surface area contributed by atoms with Crippen molar-refractivity contribution in [2.75, 3.05) is 25.3 Å². The van der Waals surface area contributed by atoms with Crippen molar-refractivity contribution in [3.8, 4) is 11.5 Å². The summed E-state index contributed by atoms with van der Waals surface area (Å²) in [4.78, 5) is 12.0. The Hall–Kier alpha value is -1.92. The van der Waals surface area contributed by atoms with Crippen molar-refractivity contribution in [2.45, 2.75) is 5.75 Å². The number of methoxy groups -OCH3 is 2. The molecule has 1 N–H and O–H groups in total. The first-order chi connectivity index (χ1) is 11.5. The molecule has 2 aromatic carbocycles. The number of hydrogen-bond donors (Lipinski definition) is 1. The smallest absolute Gasteiger partial charge is 0.234 e. The molecule has 0 spiro atoms. The molecule has 0 radical (unpaired) electrons. The van der Waals surface area contributed by atoms with Crippen molar-refractivity contribution in [2.24, 2.45) is 0 Å². The van der Waals surface area contributed by atoms with Crippen molar-refractivity contribution in [3.05, 3.63) is 52.8 Å². The lowest BCUT2D eigenvalue weighted by atomic mass is 10.2. The Balaban J connectivity index is 1.88. The number of nitrogens with one attached hydrogen (secondary N) is 1. The van der Waals surface area contributed by atoms with Crippen LogP contribution in [0.5, 0.6) is 11.5 Å². The fourth-order valence-corrected chi connectivity index (χ4v) is 3.12. The minimum absolute atomic E-state index is 0.170. The Morgan fingerprint density at radius 1 is 1.17 bits per heavy atom. The Morgan fingerprint density at radius 2 is 1.88 bits per heavy atom. The van der Waals surface area contributed by atoms with E-state index in [4.69, 9.17) is 21.1 Å². The fraction of sp³-hybridized carbons (Fsp3) is 0.235. The Bertz CT molecular complexity index is 727. The maximum absolute atomic E-state index is 13.3. The quantitative estimate of drug-likeness (QED) is 0.787. The highest BCUT2D eigenvalue weighted by Crippen LogP contribution is 2.27. The van der Waals surface area contributed by atoms with Gasteiger partial charge >= 0.3 is 0 Å². The van der Waals surface area contributed by atoms with Gasteiger partial charge in [0.25, 0.3) is 0 Å². The molecule has 0 aliphatic rings. The van der Waals surface area contributed by atoms with E-state index in [9.17, 15) is 9.18 Å². The lowest BCUT2D eigenvalue weighted by molar-refractivity contribution is -0.113. The van der Waals surface area contributed by atoms with Crippen molar-refractivity contribution in [3.63, 3.8) is 0 Å². The summed E-state index contributed by atoms with van der Waals surface area (Å²) in [6.07, 6.45) is 0. The maximum atomic E-state index is 13.3. The molecule has 0 unspecified atom stereocenters. The van der Waals surface area contributed by atoms with Gasteiger partial charge in [-0.3, -0.25) is 4.79 Å². The number of carbonyl (C=O) groups excluding carboxylic acids is 1. The van der Waals surface area contributed by atoms with E-state index in [0.717, 1.165) is 0 Å². The highest BCUT2D eigenvalue weighted by atomic mass is 35.5. The van der Waals surface area contributed by atoms with Gasteiger partial charge in [-0.25, -0.2) is 4.39 Å². The molecule has 128 valence electrons. The van der Waals surface area contributed by atoms with Crippen LogP contribution in [0.1, 0.15) is 5.56 Å². The van der Waals surface area contributed by atoms with Gasteiger partial charge in [-0.1, -0.05) is 11.6 Å². The van der Waals surface area contributed by atoms with Crippen LogP contribution < -0.4 is 14.8 Å². The summed E-state index contributed by atoms with van der Waals surface area (Å²) in [5.41, 5.74) is 1.30. The van der Waals surface area contributed by atoms with Gasteiger partial charge in [-0.2, -0.15) is 0 Å². The topological polar surface area (TPSA) is 47.6 Å². The van der Waals surface area contributed by atoms with Crippen molar-refractivity contribution in [1.82, 2.24) is 0 Å². The minimum atomic E-state index is -0.330. The number of carbonyl (C=O) groups is 1. The number of halogens is 2. The number of hydrogen-bond acceptors (Lipinski definition) is 4. The van der Waals surface area contributed by atoms with E-state index in [0.29, 0.717) is 33.5 Å². The number of anilines is 1. The van der Waals surface area contributed by atoms with Gasteiger partial charge < -0.3 is 14.8 Å². The zero-order valence-corrected chi connectivity index (χ0v) is 14.8. The summed E-state index contributed by atoms with van der Waals surface area (Å²) in [6.45, 7) is 0. The number of ether oxygens (including phenoxy) is 2. The Morgan fingerprint density at radius 3 is 2.54 bits per heavy atom. The zero-order valence-electron chi connectivity index (χ0n) is 13.3. The first kappa shape index (κ1) is 18.4. The number of thioether (sulfide) groups is 1. The van der Waals surface area contributed by atoms with Crippen LogP contribution in [0, 0.1) is 5.82 Å². The summed E-state index contributed by atoms with van der Waals surface area (Å²) in [5, 5.41) is 3.18. The second-order valence-corrected chi connectivity index (χ2v) is 6.24. The van der Waals surface area contributed by atoms with Crippen LogP contribution in [-0.2, 0) is 10.5 Å². The average Bonchev–Trinajstić information content (AvgIpc) is 2.55. The molecule has 0 aliphatic carbocycles. The maximum Gasteiger partial charge on any atom is 0.234 e. The predicted octanol–water partition coefficient (Wildman–Crippen LogP) is 4.37. The highest BCUT2D eigenvalue weighted by Gasteiger charge is 2.09. The first-order valence-electron chi connectivity index (χ1n) is 7.07. The third kappa shape index (κ3) is 5.04. The van der Waals surface area contributed by atoms with Crippen LogP contribution in [0.25, 0.3) is 0 Å². The highest BCUT2D eigenvalue weighted by molar-refractivity contribution is 7.99. The predicted molar refractivity (Wildman–Crippen MR) is 95.7 cm³/mol. The molecule has 0 saturated carbocycles. The van der Waals surface area contributed by atoms with E-state index >= 15 is 0 Å². The van der Waals surface area contributed by atoms with Gasteiger partial charge in [0.05, 0.1) is 25.0 Å². The van der Waals surface area contributed by atoms with Crippen molar-refractivity contribution >= 4 is 35.0 Å². The molecular formula is C17H17ClFNO3S. The van der Waals surface area contributed by atoms with Gasteiger partial charge in [0, 0.05) is 17.0 Å². The SMILES string of the molecule is COc1ccc(NC(=O)CSCc2cc(F)ccc2OC)cc1Cl. The molecule has 0 heterocycles. The standard InChI is InChI=1S/C17H17ClFNO3S/c1-22-15-5-3-12(19)7-11(15)9-24-10-17(21)20-13-4-6-16(23-2)14(18)8-13/h3-8H,9-10H2,1-2H3,(H,20,21). The molecule has 0 aliphatic heterocycles. The lowest BCUT2D eigenvalue weighted by Gasteiger charge is -2.09. The van der Waals surface area contributed by atoms with Gasteiger partial charge in [-0.05, 0) is 36.4 Å². The number of amides is 1. The van der Waals surface area contributed by atoms with E-state index in [-0.39, 0.29) is 17.5 Å². The van der Waals surface area contributed by atoms with Crippen molar-refractivity contribution < 1.29 is 18.7 Å². The van der Waals surface area contributed by atoms with E-state index in [1.54, 1.807) is 24.3 Å². The summed E-state index contributed by atoms with van der Waals surface area (Å²) in [7, 11) is 3.05. The molecule has 0 saturated heterocycles. The molecule has 0 fully saturated rings. The van der Waals surface area contributed by atoms with Crippen molar-refractivity contribution in [1.29, 1.82) is 0 Å². The lowest BCUT2D eigenvalue weighted by Crippen LogP contribution is -2.14. The minimum Gasteiger partial charge on any atom is -0.496 e. The van der Waals surface area contributed by atoms with Crippen LogP contribution in [-0.4, -0.2) is 25.9 Å². The van der Waals surface area contributed by atoms with Gasteiger partial charge in [0.15, 0.2) is 0 Å². The Labute approximate surface area is 149 Å². The summed E-state index contributed by atoms with van der Waals surface area (Å²) >= 11 is 7.38. The van der Waals surface area contributed by atoms with E-state index in [1.165, 1.54) is 38.1 Å². The summed E-state index contributed by atoms with van der Waals surface area (Å²) in [6, 6.07) is 9.34. The number of rotatable bonds is 7. The van der Waals surface area contributed by atoms with E-state index < -0.39 is 0 Å². The van der Waals surface area contributed by atoms with Gasteiger partial charge in [0.1, 0.15) is 17.3 Å². The molecular weight excluding hydrogens is 353 g/mol. The third-order valence-electron chi connectivity index (χ3n) is 3.17. The van der Waals surface area contributed by atoms with Crippen LogP contribution >= 0.6 is 23.4 Å². The molecule has 7 heteroatoms. The molecule has 4 nitrogen and oxygen atoms in total. The summed E-state index contributed by atoms with van der Waals surface area (Å²) in [5.74, 6) is 1.34. The molecule has 1 amide bonds. The molecule has 0 atom stereocenters. The molecule has 0 bridgehead atoms. The second-order valence-electron chi connectivity index (χ2n) is 4.85. The van der Waals surface area contributed by atoms with E-state index in [2.05, 4.69) is 5.32 Å². The second kappa shape index (κ2) is 8.80.